The van der Waals surface area contributed by atoms with Crippen LogP contribution in [0.1, 0.15) is 27.0 Å². The molecule has 0 saturated carbocycles. The van der Waals surface area contributed by atoms with E-state index in [9.17, 15) is 4.79 Å². The van der Waals surface area contributed by atoms with Crippen LogP contribution < -0.4 is 10.2 Å². The fraction of sp³-hybridized carbons (Fsp3) is 0.0455. The van der Waals surface area contributed by atoms with E-state index in [1.807, 2.05) is 54.6 Å². The summed E-state index contributed by atoms with van der Waals surface area (Å²) in [7, 11) is 0. The normalized spacial score (nSPS) is 10.4. The molecule has 0 aliphatic heterocycles. The van der Waals surface area contributed by atoms with Gasteiger partial charge in [0.1, 0.15) is 12.4 Å². The number of carbonyl (C=O) groups excluding carboxylic acids is 1. The number of nitrogens with one attached hydrogen (secondary N) is 1. The number of benzene rings is 3. The van der Waals surface area contributed by atoms with E-state index in [0.29, 0.717) is 28.5 Å². The summed E-state index contributed by atoms with van der Waals surface area (Å²) in [6.45, 7) is 0.322. The predicted molar refractivity (Wildman–Crippen MR) is 108 cm³/mol. The molecule has 0 radical (unpaired) electrons. The smallest absolute Gasteiger partial charge is 0.271 e. The van der Waals surface area contributed by atoms with Crippen LogP contribution in [0.3, 0.4) is 0 Å². The molecule has 138 valence electrons. The van der Waals surface area contributed by atoms with Crippen molar-refractivity contribution in [3.05, 3.63) is 100 Å². The van der Waals surface area contributed by atoms with Gasteiger partial charge in [-0.3, -0.25) is 4.79 Å². The molecule has 28 heavy (non-hydrogen) atoms. The second-order valence-electron chi connectivity index (χ2n) is 5.81. The van der Waals surface area contributed by atoms with E-state index in [1.54, 1.807) is 24.3 Å². The lowest BCUT2D eigenvalue weighted by Gasteiger charge is -2.10. The zero-order valence-corrected chi connectivity index (χ0v) is 15.6. The van der Waals surface area contributed by atoms with Gasteiger partial charge in [0.2, 0.25) is 0 Å². The van der Waals surface area contributed by atoms with Gasteiger partial charge in [-0.25, -0.2) is 5.43 Å². The first-order valence-electron chi connectivity index (χ1n) is 8.46. The number of halogens is 1. The molecule has 0 saturated heterocycles. The Morgan fingerprint density at radius 1 is 1.07 bits per heavy atom. The molecule has 3 aromatic carbocycles. The molecular weight excluding hydrogens is 374 g/mol. The number of rotatable bonds is 6. The standard InChI is InChI=1S/C22H16ClN3O2/c23-20-7-3-1-6-19(20)15-28-21-8-4-2-5-18(21)14-25-26-22(27)17-11-9-16(13-24)10-12-17/h1-12,14H,15H2,(H,26,27)/b25-14-. The number of nitrogens with zero attached hydrogens (tertiary/aromatic N) is 2. The lowest BCUT2D eigenvalue weighted by Crippen LogP contribution is -2.17. The van der Waals surface area contributed by atoms with Crippen LogP contribution in [0.4, 0.5) is 0 Å². The van der Waals surface area contributed by atoms with Gasteiger partial charge in [-0.2, -0.15) is 10.4 Å². The van der Waals surface area contributed by atoms with E-state index in [1.165, 1.54) is 6.21 Å². The van der Waals surface area contributed by atoms with Crippen LogP contribution in [0, 0.1) is 11.3 Å². The minimum atomic E-state index is -0.366. The molecule has 0 atom stereocenters. The van der Waals surface area contributed by atoms with E-state index in [-0.39, 0.29) is 5.91 Å². The lowest BCUT2D eigenvalue weighted by atomic mass is 10.1. The summed E-state index contributed by atoms with van der Waals surface area (Å²) in [6, 6.07) is 23.2. The van der Waals surface area contributed by atoms with Gasteiger partial charge < -0.3 is 4.74 Å². The molecule has 0 heterocycles. The van der Waals surface area contributed by atoms with E-state index < -0.39 is 0 Å². The quantitative estimate of drug-likeness (QED) is 0.496. The summed E-state index contributed by atoms with van der Waals surface area (Å²) < 4.78 is 5.85. The highest BCUT2D eigenvalue weighted by molar-refractivity contribution is 6.31. The largest absolute Gasteiger partial charge is 0.488 e. The van der Waals surface area contributed by atoms with Crippen LogP contribution >= 0.6 is 11.6 Å². The molecule has 0 aromatic heterocycles. The van der Waals surface area contributed by atoms with Crippen LogP contribution in [0.15, 0.2) is 77.9 Å². The van der Waals surface area contributed by atoms with Gasteiger partial charge >= 0.3 is 0 Å². The first kappa shape index (κ1) is 19.2. The Morgan fingerprint density at radius 2 is 1.79 bits per heavy atom. The summed E-state index contributed by atoms with van der Waals surface area (Å²) in [4.78, 5) is 12.1. The fourth-order valence-electron chi connectivity index (χ4n) is 2.41. The maximum absolute atomic E-state index is 12.1. The third kappa shape index (κ3) is 4.97. The number of hydrogen-bond acceptors (Lipinski definition) is 4. The third-order valence-electron chi connectivity index (χ3n) is 3.91. The van der Waals surface area contributed by atoms with Gasteiger partial charge in [-0.05, 0) is 42.5 Å². The summed E-state index contributed by atoms with van der Waals surface area (Å²) in [5.74, 6) is 0.258. The van der Waals surface area contributed by atoms with Crippen molar-refractivity contribution in [2.24, 2.45) is 5.10 Å². The maximum atomic E-state index is 12.1. The van der Waals surface area contributed by atoms with Crippen LogP contribution in [-0.2, 0) is 6.61 Å². The highest BCUT2D eigenvalue weighted by Gasteiger charge is 2.06. The van der Waals surface area contributed by atoms with Crippen molar-refractivity contribution in [1.29, 1.82) is 5.26 Å². The van der Waals surface area contributed by atoms with Gasteiger partial charge in [0.15, 0.2) is 0 Å². The van der Waals surface area contributed by atoms with Crippen LogP contribution in [0.5, 0.6) is 5.75 Å². The zero-order valence-electron chi connectivity index (χ0n) is 14.8. The monoisotopic (exact) mass is 389 g/mol. The van der Waals surface area contributed by atoms with Crippen molar-refractivity contribution in [2.45, 2.75) is 6.61 Å². The highest BCUT2D eigenvalue weighted by atomic mass is 35.5. The number of hydrogen-bond donors (Lipinski definition) is 1. The molecule has 0 spiro atoms. The Labute approximate surface area is 167 Å². The Bertz CT molecular complexity index is 1040. The first-order valence-corrected chi connectivity index (χ1v) is 8.84. The number of ether oxygens (including phenoxy) is 1. The Kier molecular flexibility index (Phi) is 6.40. The molecule has 1 amide bonds. The molecule has 6 heteroatoms. The average Bonchev–Trinajstić information content (AvgIpc) is 2.74. The van der Waals surface area contributed by atoms with Gasteiger partial charge in [0.05, 0.1) is 17.8 Å². The summed E-state index contributed by atoms with van der Waals surface area (Å²) in [6.07, 6.45) is 1.52. The van der Waals surface area contributed by atoms with Gasteiger partial charge in [0.25, 0.3) is 5.91 Å². The molecule has 0 aliphatic rings. The van der Waals surface area contributed by atoms with E-state index in [4.69, 9.17) is 21.6 Å². The molecule has 3 rings (SSSR count). The number of hydrazone groups is 1. The predicted octanol–water partition coefficient (Wildman–Crippen LogP) is 4.55. The number of nitriles is 1. The molecule has 1 N–H and O–H groups in total. The van der Waals surface area contributed by atoms with Crippen molar-refractivity contribution in [3.63, 3.8) is 0 Å². The molecular formula is C22H16ClN3O2. The molecule has 0 aliphatic carbocycles. The fourth-order valence-corrected chi connectivity index (χ4v) is 2.60. The van der Waals surface area contributed by atoms with E-state index in [0.717, 1.165) is 11.1 Å². The van der Waals surface area contributed by atoms with Crippen molar-refractivity contribution in [1.82, 2.24) is 5.43 Å². The summed E-state index contributed by atoms with van der Waals surface area (Å²) in [5.41, 5.74) is 4.97. The number of para-hydroxylation sites is 1. The van der Waals surface area contributed by atoms with Crippen molar-refractivity contribution >= 4 is 23.7 Å². The third-order valence-corrected chi connectivity index (χ3v) is 4.27. The lowest BCUT2D eigenvalue weighted by molar-refractivity contribution is 0.0955. The van der Waals surface area contributed by atoms with E-state index >= 15 is 0 Å². The molecule has 0 unspecified atom stereocenters. The average molecular weight is 390 g/mol. The minimum Gasteiger partial charge on any atom is -0.488 e. The molecule has 0 fully saturated rings. The first-order chi connectivity index (χ1) is 13.7. The van der Waals surface area contributed by atoms with Crippen LogP contribution in [0.2, 0.25) is 5.02 Å². The molecule has 3 aromatic rings. The molecule has 0 bridgehead atoms. The summed E-state index contributed by atoms with van der Waals surface area (Å²) >= 11 is 6.15. The second-order valence-corrected chi connectivity index (χ2v) is 6.21. The van der Waals surface area contributed by atoms with Crippen molar-refractivity contribution < 1.29 is 9.53 Å². The van der Waals surface area contributed by atoms with Gasteiger partial charge in [-0.15, -0.1) is 0 Å². The Morgan fingerprint density at radius 3 is 2.54 bits per heavy atom. The number of carbonyl (C=O) groups is 1. The number of amides is 1. The SMILES string of the molecule is N#Cc1ccc(C(=O)N/N=C\c2ccccc2OCc2ccccc2Cl)cc1. The second kappa shape index (κ2) is 9.36. The topological polar surface area (TPSA) is 74.5 Å². The van der Waals surface area contributed by atoms with Gasteiger partial charge in [0, 0.05) is 21.7 Å². The van der Waals surface area contributed by atoms with Crippen LogP contribution in [-0.4, -0.2) is 12.1 Å². The Hall–Kier alpha value is -3.62. The highest BCUT2D eigenvalue weighted by Crippen LogP contribution is 2.20. The van der Waals surface area contributed by atoms with E-state index in [2.05, 4.69) is 10.5 Å². The van der Waals surface area contributed by atoms with Crippen molar-refractivity contribution in [2.75, 3.05) is 0 Å². The zero-order chi connectivity index (χ0) is 19.8. The summed E-state index contributed by atoms with van der Waals surface area (Å²) in [5, 5.41) is 13.4. The minimum absolute atomic E-state index is 0.322. The Balaban J connectivity index is 1.64. The van der Waals surface area contributed by atoms with Crippen molar-refractivity contribution in [3.8, 4) is 11.8 Å². The van der Waals surface area contributed by atoms with Crippen LogP contribution in [0.25, 0.3) is 0 Å². The molecule has 5 nitrogen and oxygen atoms in total. The van der Waals surface area contributed by atoms with Gasteiger partial charge in [-0.1, -0.05) is 41.9 Å². The maximum Gasteiger partial charge on any atom is 0.271 e.